The van der Waals surface area contributed by atoms with E-state index >= 15 is 0 Å². The monoisotopic (exact) mass is 825 g/mol. The molecule has 332 valence electrons. The molecule has 3 aliphatic rings. The van der Waals surface area contributed by atoms with E-state index in [0.29, 0.717) is 57.2 Å². The van der Waals surface area contributed by atoms with Gasteiger partial charge in [-0.15, -0.1) is 0 Å². The van der Waals surface area contributed by atoms with Crippen LogP contribution in [0, 0.1) is 25.7 Å². The second-order valence-corrected chi connectivity index (χ2v) is 18.0. The maximum absolute atomic E-state index is 13.3. The number of nitrogens with zero attached hydrogens (tertiary/aromatic N) is 2. The van der Waals surface area contributed by atoms with Gasteiger partial charge in [0.25, 0.3) is 0 Å². The number of rotatable bonds is 17. The van der Waals surface area contributed by atoms with E-state index in [4.69, 9.17) is 9.47 Å². The first-order chi connectivity index (χ1) is 28.3. The Bertz CT molecular complexity index is 1550. The van der Waals surface area contributed by atoms with Gasteiger partial charge in [-0.1, -0.05) is 29.3 Å². The second-order valence-electron chi connectivity index (χ2n) is 18.0. The van der Waals surface area contributed by atoms with Crippen LogP contribution in [0.4, 0.5) is 14.0 Å². The Morgan fingerprint density at radius 3 is 2.20 bits per heavy atom. The van der Waals surface area contributed by atoms with Gasteiger partial charge in [0.15, 0.2) is 0 Å². The minimum Gasteiger partial charge on any atom is -0.457 e. The number of likely N-dealkylation sites (tertiary alicyclic amines) is 2. The molecule has 1 saturated carbocycles. The number of nitrogens with one attached hydrogen (secondary N) is 4. The predicted molar refractivity (Wildman–Crippen MR) is 236 cm³/mol. The summed E-state index contributed by atoms with van der Waals surface area (Å²) in [6.07, 6.45) is 11.0. The van der Waals surface area contributed by atoms with Crippen LogP contribution in [0.25, 0.3) is 0 Å². The van der Waals surface area contributed by atoms with Crippen molar-refractivity contribution >= 4 is 12.1 Å². The Labute approximate surface area is 354 Å². The van der Waals surface area contributed by atoms with E-state index in [1.54, 1.807) is 7.11 Å². The number of likely N-dealkylation sites (N-methyl/N-ethyl adjacent to an activating group) is 2. The van der Waals surface area contributed by atoms with E-state index in [9.17, 15) is 19.1 Å². The molecule has 3 atom stereocenters. The number of methoxy groups -OCH3 is 1. The summed E-state index contributed by atoms with van der Waals surface area (Å²) in [7, 11) is 5.50. The molecule has 2 aromatic carbocycles. The summed E-state index contributed by atoms with van der Waals surface area (Å²) in [4.78, 5) is 29.4. The molecule has 59 heavy (non-hydrogen) atoms. The number of carbonyl (C=O) groups is 2. The Balaban J connectivity index is 0.000000308. The van der Waals surface area contributed by atoms with Crippen LogP contribution in [-0.2, 0) is 10.3 Å². The number of amides is 4. The summed E-state index contributed by atoms with van der Waals surface area (Å²) in [6, 6.07) is 14.1. The van der Waals surface area contributed by atoms with E-state index in [1.807, 2.05) is 88.0 Å². The highest BCUT2D eigenvalue weighted by Crippen LogP contribution is 2.45. The highest BCUT2D eigenvalue weighted by atomic mass is 19.1. The van der Waals surface area contributed by atoms with Crippen LogP contribution in [0.5, 0.6) is 11.5 Å². The SMILES string of the molecule is CNCC(C)(C)NC(=O)N1CCC[C@@H]([C@@](O)(CCCCOC)c2cc(C)ccc2Oc2ccc(C)cc2)C1.CNC[C@H](C[C@H]1CC[C@@H](F)CC1)NC(=O)N1CCCCC1. The molecule has 4 amide bonds. The van der Waals surface area contributed by atoms with Gasteiger partial charge in [0.05, 0.1) is 5.60 Å². The molecule has 0 radical (unpaired) electrons. The third kappa shape index (κ3) is 15.5. The number of urea groups is 2. The van der Waals surface area contributed by atoms with Crippen LogP contribution in [0.2, 0.25) is 0 Å². The van der Waals surface area contributed by atoms with Crippen LogP contribution in [0.15, 0.2) is 42.5 Å². The predicted octanol–water partition coefficient (Wildman–Crippen LogP) is 8.21. The number of carbonyl (C=O) groups excluding carboxylic acids is 2. The maximum atomic E-state index is 13.3. The molecule has 12 heteroatoms. The summed E-state index contributed by atoms with van der Waals surface area (Å²) in [5.41, 5.74) is 1.48. The van der Waals surface area contributed by atoms with Crippen molar-refractivity contribution in [2.24, 2.45) is 11.8 Å². The fourth-order valence-corrected chi connectivity index (χ4v) is 8.97. The molecule has 0 unspecified atom stereocenters. The van der Waals surface area contributed by atoms with Crippen molar-refractivity contribution in [2.75, 3.05) is 67.1 Å². The molecule has 2 heterocycles. The number of unbranched alkanes of at least 4 members (excludes halogenated alkanes) is 1. The number of aryl methyl sites for hydroxylation is 2. The lowest BCUT2D eigenvalue weighted by atomic mass is 9.73. The fourth-order valence-electron chi connectivity index (χ4n) is 8.97. The van der Waals surface area contributed by atoms with Crippen LogP contribution in [-0.4, -0.2) is 112 Å². The van der Waals surface area contributed by atoms with Gasteiger partial charge in [-0.2, -0.15) is 0 Å². The molecule has 11 nitrogen and oxygen atoms in total. The van der Waals surface area contributed by atoms with Crippen molar-refractivity contribution < 1.29 is 28.6 Å². The lowest BCUT2D eigenvalue weighted by Gasteiger charge is -2.44. The number of hydrogen-bond acceptors (Lipinski definition) is 7. The van der Waals surface area contributed by atoms with E-state index in [2.05, 4.69) is 27.3 Å². The van der Waals surface area contributed by atoms with Gasteiger partial charge in [-0.3, -0.25) is 0 Å². The number of benzene rings is 2. The normalized spacial score (nSPS) is 21.4. The summed E-state index contributed by atoms with van der Waals surface area (Å²) in [5, 5.41) is 25.2. The standard InChI is InChI=1S/C31H47N3O4.C16H30FN3O/c1-23-11-14-26(15-12-23)38-28-16-13-24(2)20-27(28)31(36,17-7-8-19-37-6)25-10-9-18-34(21-25)29(35)33-30(3,4)22-32-5;1-18-12-15(11-13-5-7-14(17)8-6-13)19-16(21)20-9-3-2-4-10-20/h11-16,20,25,32,36H,7-10,17-19,21-22H2,1-6H3,(H,33,35);13-15,18H,2-12H2,1H3,(H,19,21)/t25-,31+;13-,14+,15-/m10/s1. The molecule has 2 saturated heterocycles. The number of ether oxygens (including phenoxy) is 2. The molecule has 2 aliphatic heterocycles. The second kappa shape index (κ2) is 24.1. The summed E-state index contributed by atoms with van der Waals surface area (Å²) < 4.78 is 24.9. The highest BCUT2D eigenvalue weighted by Gasteiger charge is 2.43. The minimum absolute atomic E-state index is 0.0779. The molecule has 1 aliphatic carbocycles. The van der Waals surface area contributed by atoms with Crippen molar-refractivity contribution in [3.05, 3.63) is 59.2 Å². The molecule has 0 spiro atoms. The lowest BCUT2D eigenvalue weighted by Crippen LogP contribution is -2.57. The maximum Gasteiger partial charge on any atom is 0.317 e. The summed E-state index contributed by atoms with van der Waals surface area (Å²) in [6.45, 7) is 13.1. The number of alkyl halides is 1. The summed E-state index contributed by atoms with van der Waals surface area (Å²) >= 11 is 0. The van der Waals surface area contributed by atoms with Gasteiger partial charge >= 0.3 is 12.1 Å². The zero-order valence-corrected chi connectivity index (χ0v) is 37.3. The third-order valence-electron chi connectivity index (χ3n) is 12.3. The number of aliphatic hydroxyl groups is 1. The first-order valence-corrected chi connectivity index (χ1v) is 22.4. The van der Waals surface area contributed by atoms with Crippen molar-refractivity contribution in [2.45, 2.75) is 135 Å². The molecule has 3 fully saturated rings. The van der Waals surface area contributed by atoms with Crippen molar-refractivity contribution in [1.29, 1.82) is 0 Å². The van der Waals surface area contributed by atoms with Crippen LogP contribution in [0.3, 0.4) is 0 Å². The lowest BCUT2D eigenvalue weighted by molar-refractivity contribution is -0.0576. The Morgan fingerprint density at radius 2 is 1.54 bits per heavy atom. The van der Waals surface area contributed by atoms with E-state index in [0.717, 1.165) is 99.9 Å². The van der Waals surface area contributed by atoms with Gasteiger partial charge in [0.2, 0.25) is 0 Å². The van der Waals surface area contributed by atoms with Crippen molar-refractivity contribution in [1.82, 2.24) is 31.1 Å². The molecular formula is C47H77FN6O5. The first-order valence-electron chi connectivity index (χ1n) is 22.4. The molecular weight excluding hydrogens is 748 g/mol. The van der Waals surface area contributed by atoms with Gasteiger partial charge in [0.1, 0.15) is 17.7 Å². The average Bonchev–Trinajstić information content (AvgIpc) is 3.22. The largest absolute Gasteiger partial charge is 0.457 e. The average molecular weight is 825 g/mol. The minimum atomic E-state index is -1.15. The van der Waals surface area contributed by atoms with Crippen molar-refractivity contribution in [3.8, 4) is 11.5 Å². The molecule has 5 rings (SSSR count). The van der Waals surface area contributed by atoms with Crippen LogP contribution >= 0.6 is 0 Å². The zero-order valence-electron chi connectivity index (χ0n) is 37.3. The third-order valence-corrected chi connectivity index (χ3v) is 12.3. The van der Waals surface area contributed by atoms with Gasteiger partial charge in [-0.25, -0.2) is 14.0 Å². The van der Waals surface area contributed by atoms with Crippen LogP contribution < -0.4 is 26.0 Å². The Morgan fingerprint density at radius 1 is 0.864 bits per heavy atom. The Hall–Kier alpha value is -3.45. The van der Waals surface area contributed by atoms with Crippen molar-refractivity contribution in [3.63, 3.8) is 0 Å². The zero-order chi connectivity index (χ0) is 42.8. The quantitative estimate of drug-likeness (QED) is 0.102. The van der Waals surface area contributed by atoms with Gasteiger partial charge < -0.3 is 45.6 Å². The van der Waals surface area contributed by atoms with E-state index in [1.165, 1.54) is 6.42 Å². The number of hydrogen-bond donors (Lipinski definition) is 5. The van der Waals surface area contributed by atoms with Gasteiger partial charge in [0, 0.05) is 76.0 Å². The number of piperidine rings is 2. The Kier molecular flexibility index (Phi) is 19.7. The summed E-state index contributed by atoms with van der Waals surface area (Å²) in [5.74, 6) is 1.82. The highest BCUT2D eigenvalue weighted by molar-refractivity contribution is 5.75. The molecule has 0 aromatic heterocycles. The van der Waals surface area contributed by atoms with Gasteiger partial charge in [-0.05, 0) is 155 Å². The fraction of sp³-hybridized carbons (Fsp3) is 0.702. The molecule has 5 N–H and O–H groups in total. The number of halogens is 1. The van der Waals surface area contributed by atoms with Crippen LogP contribution in [0.1, 0.15) is 114 Å². The smallest absolute Gasteiger partial charge is 0.317 e. The topological polar surface area (TPSA) is 127 Å². The molecule has 0 bridgehead atoms. The van der Waals surface area contributed by atoms with E-state index < -0.39 is 11.8 Å². The first kappa shape index (κ1) is 48.2. The molecule has 2 aromatic rings. The van der Waals surface area contributed by atoms with E-state index in [-0.39, 0.29) is 29.6 Å².